The molecule has 2 aromatic heterocycles. The Kier molecular flexibility index (Phi) is 2.71. The molecule has 2 heterocycles. The van der Waals surface area contributed by atoms with Gasteiger partial charge in [0.2, 0.25) is 0 Å². The molecule has 0 atom stereocenters. The zero-order chi connectivity index (χ0) is 11.9. The van der Waals surface area contributed by atoms with Gasteiger partial charge in [0.05, 0.1) is 5.69 Å². The molecule has 0 aliphatic heterocycles. The normalized spacial score (nSPS) is 10.9. The smallest absolute Gasteiger partial charge is 0.267 e. The first-order valence-corrected chi connectivity index (χ1v) is 5.80. The monoisotopic (exact) mass is 281 g/mol. The molecule has 1 amide bonds. The van der Waals surface area contributed by atoms with E-state index in [-0.39, 0.29) is 0 Å². The Hall–Kier alpha value is -1.36. The van der Waals surface area contributed by atoms with Gasteiger partial charge >= 0.3 is 0 Å². The van der Waals surface area contributed by atoms with Crippen LogP contribution in [0.15, 0.2) is 16.7 Å². The van der Waals surface area contributed by atoms with E-state index in [1.54, 1.807) is 4.40 Å². The van der Waals surface area contributed by atoms with Crippen LogP contribution in [-0.4, -0.2) is 15.3 Å². The number of aryl methyl sites for hydroxylation is 2. The number of carbonyl (C=O) groups excluding carboxylic acids is 1. The number of nitrogens with zero attached hydrogens (tertiary/aromatic N) is 2. The third kappa shape index (κ3) is 1.61. The maximum absolute atomic E-state index is 11.4. The molecular formula is C11H12BrN3O. The van der Waals surface area contributed by atoms with E-state index in [2.05, 4.69) is 20.9 Å². The molecule has 0 aliphatic carbocycles. The average molecular weight is 282 g/mol. The van der Waals surface area contributed by atoms with E-state index in [1.807, 2.05) is 26.1 Å². The average Bonchev–Trinajstić information content (AvgIpc) is 2.56. The van der Waals surface area contributed by atoms with E-state index in [4.69, 9.17) is 5.73 Å². The number of pyridine rings is 1. The molecule has 0 fully saturated rings. The molecule has 4 nitrogen and oxygen atoms in total. The highest BCUT2D eigenvalue weighted by Gasteiger charge is 2.16. The summed E-state index contributed by atoms with van der Waals surface area (Å²) in [4.78, 5) is 15.9. The van der Waals surface area contributed by atoms with Gasteiger partial charge in [0.25, 0.3) is 5.91 Å². The van der Waals surface area contributed by atoms with Crippen LogP contribution in [0.25, 0.3) is 5.65 Å². The van der Waals surface area contributed by atoms with Crippen molar-refractivity contribution in [3.05, 3.63) is 33.7 Å². The molecule has 5 heteroatoms. The van der Waals surface area contributed by atoms with Crippen molar-refractivity contribution in [2.45, 2.75) is 20.3 Å². The molecule has 84 valence electrons. The molecule has 2 N–H and O–H groups in total. The summed E-state index contributed by atoms with van der Waals surface area (Å²) in [5.41, 5.74) is 8.40. The second-order valence-electron chi connectivity index (χ2n) is 3.66. The van der Waals surface area contributed by atoms with Crippen molar-refractivity contribution in [1.82, 2.24) is 9.38 Å². The van der Waals surface area contributed by atoms with Gasteiger partial charge in [0, 0.05) is 10.7 Å². The predicted octanol–water partition coefficient (Wildman–Crippen LogP) is 2.07. The van der Waals surface area contributed by atoms with Gasteiger partial charge < -0.3 is 5.73 Å². The van der Waals surface area contributed by atoms with Crippen LogP contribution in [0.5, 0.6) is 0 Å². The molecule has 0 spiro atoms. The lowest BCUT2D eigenvalue weighted by Crippen LogP contribution is -2.15. The van der Waals surface area contributed by atoms with Crippen LogP contribution in [0.2, 0.25) is 0 Å². The number of rotatable bonds is 2. The second kappa shape index (κ2) is 3.90. The summed E-state index contributed by atoms with van der Waals surface area (Å²) in [7, 11) is 0. The third-order valence-electron chi connectivity index (χ3n) is 2.51. The highest BCUT2D eigenvalue weighted by molar-refractivity contribution is 9.10. The highest BCUT2D eigenvalue weighted by Crippen LogP contribution is 2.20. The third-order valence-corrected chi connectivity index (χ3v) is 2.94. The molecular weight excluding hydrogens is 270 g/mol. The number of halogens is 1. The van der Waals surface area contributed by atoms with E-state index in [9.17, 15) is 4.79 Å². The zero-order valence-electron chi connectivity index (χ0n) is 9.12. The summed E-state index contributed by atoms with van der Waals surface area (Å²) in [6.45, 7) is 3.91. The van der Waals surface area contributed by atoms with E-state index in [1.165, 1.54) is 0 Å². The lowest BCUT2D eigenvalue weighted by molar-refractivity contribution is 0.0994. The maximum atomic E-state index is 11.4. The number of hydrogen-bond acceptors (Lipinski definition) is 2. The first-order valence-electron chi connectivity index (χ1n) is 5.01. The fourth-order valence-electron chi connectivity index (χ4n) is 1.82. The molecule has 0 saturated carbocycles. The van der Waals surface area contributed by atoms with Gasteiger partial charge in [-0.3, -0.25) is 9.20 Å². The molecule has 0 aromatic carbocycles. The summed E-state index contributed by atoms with van der Waals surface area (Å²) < 4.78 is 2.65. The summed E-state index contributed by atoms with van der Waals surface area (Å²) in [6.07, 6.45) is 2.51. The zero-order valence-corrected chi connectivity index (χ0v) is 10.7. The highest BCUT2D eigenvalue weighted by atomic mass is 79.9. The first-order chi connectivity index (χ1) is 7.54. The molecule has 2 rings (SSSR count). The number of hydrogen-bond donors (Lipinski definition) is 1. The summed E-state index contributed by atoms with van der Waals surface area (Å²) >= 11 is 3.40. The van der Waals surface area contributed by atoms with Gasteiger partial charge in [-0.1, -0.05) is 6.92 Å². The lowest BCUT2D eigenvalue weighted by atomic mass is 10.2. The molecule has 0 bridgehead atoms. The van der Waals surface area contributed by atoms with Crippen molar-refractivity contribution in [3.8, 4) is 0 Å². The van der Waals surface area contributed by atoms with Crippen molar-refractivity contribution in [1.29, 1.82) is 0 Å². The fraction of sp³-hybridized carbons (Fsp3) is 0.273. The quantitative estimate of drug-likeness (QED) is 0.916. The van der Waals surface area contributed by atoms with Crippen LogP contribution >= 0.6 is 15.9 Å². The lowest BCUT2D eigenvalue weighted by Gasteiger charge is -2.01. The Labute approximate surface area is 102 Å². The SMILES string of the molecule is CCc1nc2c(C)cc(Br)cn2c1C(N)=O. The van der Waals surface area contributed by atoms with Crippen LogP contribution < -0.4 is 5.73 Å². The number of carbonyl (C=O) groups is 1. The predicted molar refractivity (Wildman–Crippen MR) is 65.5 cm³/mol. The molecule has 0 unspecified atom stereocenters. The minimum absolute atomic E-state index is 0.443. The second-order valence-corrected chi connectivity index (χ2v) is 4.58. The standard InChI is InChI=1S/C11H12BrN3O/c1-3-8-9(10(13)16)15-5-7(12)4-6(2)11(15)14-8/h4-5H,3H2,1-2H3,(H2,13,16). The fourth-order valence-corrected chi connectivity index (χ4v) is 2.37. The molecule has 0 radical (unpaired) electrons. The minimum Gasteiger partial charge on any atom is -0.364 e. The first kappa shape index (κ1) is 11.1. The van der Waals surface area contributed by atoms with Crippen LogP contribution in [0.4, 0.5) is 0 Å². The van der Waals surface area contributed by atoms with E-state index in [0.717, 1.165) is 21.4 Å². The Morgan fingerprint density at radius 2 is 2.31 bits per heavy atom. The largest absolute Gasteiger partial charge is 0.364 e. The van der Waals surface area contributed by atoms with Crippen LogP contribution in [0.1, 0.15) is 28.7 Å². The molecule has 0 saturated heterocycles. The molecule has 2 aromatic rings. The van der Waals surface area contributed by atoms with E-state index < -0.39 is 5.91 Å². The van der Waals surface area contributed by atoms with Gasteiger partial charge in [-0.05, 0) is 40.9 Å². The number of primary amides is 1. The van der Waals surface area contributed by atoms with Crippen molar-refractivity contribution >= 4 is 27.5 Å². The van der Waals surface area contributed by atoms with Gasteiger partial charge in [-0.25, -0.2) is 4.98 Å². The minimum atomic E-state index is -0.443. The number of fused-ring (bicyclic) bond motifs is 1. The number of nitrogens with two attached hydrogens (primary N) is 1. The molecule has 16 heavy (non-hydrogen) atoms. The Morgan fingerprint density at radius 3 is 2.88 bits per heavy atom. The van der Waals surface area contributed by atoms with E-state index in [0.29, 0.717) is 12.1 Å². The number of imidazole rings is 1. The Balaban J connectivity index is 2.89. The molecule has 0 aliphatic rings. The maximum Gasteiger partial charge on any atom is 0.267 e. The number of amides is 1. The van der Waals surface area contributed by atoms with E-state index >= 15 is 0 Å². The van der Waals surface area contributed by atoms with Crippen molar-refractivity contribution in [3.63, 3.8) is 0 Å². The van der Waals surface area contributed by atoms with Gasteiger partial charge in [-0.2, -0.15) is 0 Å². The Bertz CT molecular complexity index is 574. The van der Waals surface area contributed by atoms with Crippen molar-refractivity contribution < 1.29 is 4.79 Å². The van der Waals surface area contributed by atoms with Gasteiger partial charge in [0.1, 0.15) is 11.3 Å². The summed E-state index contributed by atoms with van der Waals surface area (Å²) in [6, 6.07) is 1.96. The van der Waals surface area contributed by atoms with Crippen molar-refractivity contribution in [2.75, 3.05) is 0 Å². The van der Waals surface area contributed by atoms with Crippen molar-refractivity contribution in [2.24, 2.45) is 5.73 Å². The topological polar surface area (TPSA) is 60.4 Å². The Morgan fingerprint density at radius 1 is 1.62 bits per heavy atom. The summed E-state index contributed by atoms with van der Waals surface area (Å²) in [5.74, 6) is -0.443. The van der Waals surface area contributed by atoms with Gasteiger partial charge in [0.15, 0.2) is 0 Å². The van der Waals surface area contributed by atoms with Crippen LogP contribution in [0.3, 0.4) is 0 Å². The van der Waals surface area contributed by atoms with Crippen LogP contribution in [0, 0.1) is 6.92 Å². The van der Waals surface area contributed by atoms with Gasteiger partial charge in [-0.15, -0.1) is 0 Å². The summed E-state index contributed by atoms with van der Waals surface area (Å²) in [5, 5.41) is 0. The number of aromatic nitrogens is 2. The van der Waals surface area contributed by atoms with Crippen LogP contribution in [-0.2, 0) is 6.42 Å².